The van der Waals surface area contributed by atoms with E-state index in [-0.39, 0.29) is 24.0 Å². The van der Waals surface area contributed by atoms with Gasteiger partial charge in [-0.15, -0.1) is 24.0 Å². The Kier molecular flexibility index (Phi) is 10.2. The topological polar surface area (TPSA) is 65.7 Å². The van der Waals surface area contributed by atoms with Crippen LogP contribution in [0.4, 0.5) is 0 Å². The number of aliphatic imine (C=N–C) groups is 1. The van der Waals surface area contributed by atoms with Crippen LogP contribution in [0.1, 0.15) is 19.0 Å². The number of aromatic nitrogens is 1. The van der Waals surface area contributed by atoms with Crippen molar-refractivity contribution in [2.24, 2.45) is 4.99 Å². The molecule has 0 fully saturated rings. The molecule has 0 atom stereocenters. The number of rotatable bonds is 8. The lowest BCUT2D eigenvalue weighted by Crippen LogP contribution is -2.38. The maximum Gasteiger partial charge on any atom is 0.226 e. The van der Waals surface area contributed by atoms with E-state index in [0.717, 1.165) is 43.3 Å². The third kappa shape index (κ3) is 7.87. The lowest BCUT2D eigenvalue weighted by atomic mass is 10.2. The van der Waals surface area contributed by atoms with Crippen LogP contribution in [0.5, 0.6) is 0 Å². The van der Waals surface area contributed by atoms with E-state index in [0.29, 0.717) is 12.4 Å². The maximum atomic E-state index is 5.54. The third-order valence-electron chi connectivity index (χ3n) is 3.39. The van der Waals surface area contributed by atoms with Gasteiger partial charge in [0.2, 0.25) is 5.89 Å². The highest BCUT2D eigenvalue weighted by Crippen LogP contribution is 2.18. The monoisotopic (exact) mass is 457 g/mol. The molecule has 25 heavy (non-hydrogen) atoms. The lowest BCUT2D eigenvalue weighted by molar-refractivity contribution is 0.399. The van der Waals surface area contributed by atoms with Crippen molar-refractivity contribution < 1.29 is 4.42 Å². The number of nitrogens with one attached hydrogen (secondary N) is 2. The first-order valence-electron chi connectivity index (χ1n) is 8.35. The van der Waals surface area contributed by atoms with Crippen LogP contribution in [0.2, 0.25) is 0 Å². The van der Waals surface area contributed by atoms with E-state index in [9.17, 15) is 0 Å². The SMILES string of the molecule is CCNC(=NCc1coc(-c2ccccc2)n1)NCCCN(C)C.I. The lowest BCUT2D eigenvalue weighted by Gasteiger charge is -2.13. The molecule has 2 aromatic rings. The fraction of sp³-hybridized carbons (Fsp3) is 0.444. The number of guanidine groups is 1. The quantitative estimate of drug-likeness (QED) is 0.276. The average Bonchev–Trinajstić information content (AvgIpc) is 3.06. The van der Waals surface area contributed by atoms with Crippen molar-refractivity contribution >= 4 is 29.9 Å². The zero-order chi connectivity index (χ0) is 17.2. The Morgan fingerprint density at radius 3 is 2.64 bits per heavy atom. The van der Waals surface area contributed by atoms with E-state index in [1.165, 1.54) is 0 Å². The van der Waals surface area contributed by atoms with Gasteiger partial charge in [-0.25, -0.2) is 9.98 Å². The molecule has 6 nitrogen and oxygen atoms in total. The number of halogens is 1. The molecule has 0 aliphatic heterocycles. The highest BCUT2D eigenvalue weighted by molar-refractivity contribution is 14.0. The molecule has 0 saturated heterocycles. The standard InChI is InChI=1S/C18H27N5O.HI/c1-4-19-18(20-11-8-12-23(2)3)21-13-16-14-24-17(22-16)15-9-6-5-7-10-15;/h5-7,9-10,14H,4,8,11-13H2,1-3H3,(H2,19,20,21);1H. The summed E-state index contributed by atoms with van der Waals surface area (Å²) >= 11 is 0. The van der Waals surface area contributed by atoms with Gasteiger partial charge < -0.3 is 20.0 Å². The molecular weight excluding hydrogens is 429 g/mol. The molecule has 0 radical (unpaired) electrons. The number of hydrogen-bond acceptors (Lipinski definition) is 4. The summed E-state index contributed by atoms with van der Waals surface area (Å²) in [6.45, 7) is 5.31. The van der Waals surface area contributed by atoms with Gasteiger partial charge in [-0.3, -0.25) is 0 Å². The van der Waals surface area contributed by atoms with E-state index in [1.54, 1.807) is 6.26 Å². The van der Waals surface area contributed by atoms with Crippen molar-refractivity contribution in [3.63, 3.8) is 0 Å². The molecule has 0 aliphatic carbocycles. The first kappa shape index (κ1) is 21.4. The molecule has 0 amide bonds. The van der Waals surface area contributed by atoms with Gasteiger partial charge in [0.15, 0.2) is 5.96 Å². The molecule has 0 spiro atoms. The van der Waals surface area contributed by atoms with Crippen LogP contribution < -0.4 is 10.6 Å². The second-order valence-electron chi connectivity index (χ2n) is 5.79. The fourth-order valence-electron chi connectivity index (χ4n) is 2.20. The Balaban J connectivity index is 0.00000312. The summed E-state index contributed by atoms with van der Waals surface area (Å²) in [5.41, 5.74) is 1.79. The van der Waals surface area contributed by atoms with Crippen molar-refractivity contribution in [3.8, 4) is 11.5 Å². The predicted molar refractivity (Wildman–Crippen MR) is 113 cm³/mol. The molecule has 7 heteroatoms. The number of nitrogens with zero attached hydrogens (tertiary/aromatic N) is 3. The van der Waals surface area contributed by atoms with Crippen LogP contribution in [0.25, 0.3) is 11.5 Å². The van der Waals surface area contributed by atoms with Gasteiger partial charge in [0, 0.05) is 18.7 Å². The van der Waals surface area contributed by atoms with Gasteiger partial charge in [-0.1, -0.05) is 18.2 Å². The minimum Gasteiger partial charge on any atom is -0.444 e. The zero-order valence-corrected chi connectivity index (χ0v) is 17.5. The number of hydrogen-bond donors (Lipinski definition) is 2. The Bertz CT molecular complexity index is 627. The van der Waals surface area contributed by atoms with Gasteiger partial charge >= 0.3 is 0 Å². The summed E-state index contributed by atoms with van der Waals surface area (Å²) < 4.78 is 5.54. The summed E-state index contributed by atoms with van der Waals surface area (Å²) in [7, 11) is 4.16. The Morgan fingerprint density at radius 2 is 1.96 bits per heavy atom. The molecular formula is C18H28IN5O. The average molecular weight is 457 g/mol. The Morgan fingerprint density at radius 1 is 1.20 bits per heavy atom. The molecule has 0 saturated carbocycles. The van der Waals surface area contributed by atoms with Gasteiger partial charge in [0.25, 0.3) is 0 Å². The summed E-state index contributed by atoms with van der Waals surface area (Å²) in [6.07, 6.45) is 2.74. The van der Waals surface area contributed by atoms with E-state index < -0.39 is 0 Å². The zero-order valence-electron chi connectivity index (χ0n) is 15.2. The predicted octanol–water partition coefficient (Wildman–Crippen LogP) is 2.97. The van der Waals surface area contributed by atoms with E-state index in [4.69, 9.17) is 4.42 Å². The van der Waals surface area contributed by atoms with Crippen molar-refractivity contribution in [1.29, 1.82) is 0 Å². The van der Waals surface area contributed by atoms with E-state index >= 15 is 0 Å². The maximum absolute atomic E-state index is 5.54. The highest BCUT2D eigenvalue weighted by atomic mass is 127. The largest absolute Gasteiger partial charge is 0.444 e. The molecule has 1 aromatic heterocycles. The molecule has 2 rings (SSSR count). The van der Waals surface area contributed by atoms with Gasteiger partial charge in [-0.2, -0.15) is 0 Å². The molecule has 1 aromatic carbocycles. The van der Waals surface area contributed by atoms with Crippen LogP contribution in [-0.4, -0.2) is 49.6 Å². The molecule has 2 N–H and O–H groups in total. The van der Waals surface area contributed by atoms with Crippen LogP contribution >= 0.6 is 24.0 Å². The number of oxazole rings is 1. The Hall–Kier alpha value is -1.61. The smallest absolute Gasteiger partial charge is 0.226 e. The van der Waals surface area contributed by atoms with Crippen LogP contribution in [-0.2, 0) is 6.54 Å². The normalized spacial score (nSPS) is 11.3. The molecule has 0 unspecified atom stereocenters. The van der Waals surface area contributed by atoms with Gasteiger partial charge in [0.1, 0.15) is 12.0 Å². The molecule has 1 heterocycles. The summed E-state index contributed by atoms with van der Waals surface area (Å²) in [5, 5.41) is 6.58. The van der Waals surface area contributed by atoms with Gasteiger partial charge in [0.05, 0.1) is 6.54 Å². The first-order chi connectivity index (χ1) is 11.7. The highest BCUT2D eigenvalue weighted by Gasteiger charge is 2.06. The molecule has 0 bridgehead atoms. The summed E-state index contributed by atoms with van der Waals surface area (Å²) in [6, 6.07) is 9.88. The van der Waals surface area contributed by atoms with Crippen molar-refractivity contribution in [2.45, 2.75) is 19.9 Å². The van der Waals surface area contributed by atoms with Crippen molar-refractivity contribution in [2.75, 3.05) is 33.7 Å². The third-order valence-corrected chi connectivity index (χ3v) is 3.39. The first-order valence-corrected chi connectivity index (χ1v) is 8.35. The molecule has 138 valence electrons. The van der Waals surface area contributed by atoms with E-state index in [2.05, 4.69) is 46.5 Å². The van der Waals surface area contributed by atoms with Crippen molar-refractivity contribution in [3.05, 3.63) is 42.3 Å². The van der Waals surface area contributed by atoms with E-state index in [1.807, 2.05) is 30.3 Å². The van der Waals surface area contributed by atoms with Crippen LogP contribution in [0.3, 0.4) is 0 Å². The van der Waals surface area contributed by atoms with Crippen LogP contribution in [0.15, 0.2) is 46.0 Å². The van der Waals surface area contributed by atoms with Crippen LogP contribution in [0, 0.1) is 0 Å². The summed E-state index contributed by atoms with van der Waals surface area (Å²) in [5.74, 6) is 1.44. The van der Waals surface area contributed by atoms with Gasteiger partial charge in [-0.05, 0) is 46.1 Å². The Labute approximate surface area is 167 Å². The second kappa shape index (κ2) is 11.9. The van der Waals surface area contributed by atoms with Crippen molar-refractivity contribution in [1.82, 2.24) is 20.5 Å². The minimum absolute atomic E-state index is 0. The second-order valence-corrected chi connectivity index (χ2v) is 5.79. The minimum atomic E-state index is 0. The summed E-state index contributed by atoms with van der Waals surface area (Å²) in [4.78, 5) is 11.2. The number of benzene rings is 1. The molecule has 0 aliphatic rings. The fourth-order valence-corrected chi connectivity index (χ4v) is 2.20.